The summed E-state index contributed by atoms with van der Waals surface area (Å²) in [6, 6.07) is 14.6. The fraction of sp³-hybridized carbons (Fsp3) is 0.462. The molecule has 1 aliphatic rings. The molecule has 4 heteroatoms. The normalized spacial score (nSPS) is 16.8. The summed E-state index contributed by atoms with van der Waals surface area (Å²) in [5, 5.41) is 0. The van der Waals surface area contributed by atoms with E-state index in [1.807, 2.05) is 42.7 Å². The molecule has 1 heterocycles. The van der Waals surface area contributed by atoms with Crippen molar-refractivity contribution in [1.29, 1.82) is 0 Å². The van der Waals surface area contributed by atoms with Crippen molar-refractivity contribution in [3.05, 3.63) is 65.8 Å². The van der Waals surface area contributed by atoms with E-state index < -0.39 is 0 Å². The third-order valence-electron chi connectivity index (χ3n) is 5.21. The van der Waals surface area contributed by atoms with E-state index in [2.05, 4.69) is 89.4 Å². The second-order valence-electron chi connectivity index (χ2n) is 9.48. The topological polar surface area (TPSA) is 12.5 Å². The van der Waals surface area contributed by atoms with Gasteiger partial charge < -0.3 is 9.38 Å². The van der Waals surface area contributed by atoms with E-state index >= 15 is 0 Å². The van der Waals surface area contributed by atoms with E-state index in [0.717, 1.165) is 28.8 Å². The summed E-state index contributed by atoms with van der Waals surface area (Å²) in [5.41, 5.74) is 5.54. The van der Waals surface area contributed by atoms with Crippen LogP contribution in [0.4, 0.5) is 5.69 Å². The van der Waals surface area contributed by atoms with Crippen molar-refractivity contribution in [2.75, 3.05) is 25.5 Å². The molecular formula is C26H38N2ORu+. The SMILES string of the molecule is CC(C)Oc1ccccc1[CH]=[Ru+].CCc1cccc(C)c1N1[CH-][N+](C)(C)CC1(C)C. The number of quaternary nitrogens is 1. The van der Waals surface area contributed by atoms with Gasteiger partial charge in [0.2, 0.25) is 0 Å². The number of aryl methyl sites for hydroxylation is 2. The Hall–Kier alpha value is -1.51. The summed E-state index contributed by atoms with van der Waals surface area (Å²) in [4.78, 5) is 2.49. The molecule has 0 bridgehead atoms. The van der Waals surface area contributed by atoms with Crippen molar-refractivity contribution in [3.8, 4) is 5.75 Å². The molecule has 2 aromatic carbocycles. The third kappa shape index (κ3) is 6.25. The maximum atomic E-state index is 5.59. The van der Waals surface area contributed by atoms with Crippen LogP contribution in [-0.4, -0.2) is 41.4 Å². The van der Waals surface area contributed by atoms with E-state index in [1.54, 1.807) is 0 Å². The van der Waals surface area contributed by atoms with Gasteiger partial charge in [-0.2, -0.15) is 0 Å². The molecular weight excluding hydrogens is 457 g/mol. The van der Waals surface area contributed by atoms with E-state index in [0.29, 0.717) is 0 Å². The van der Waals surface area contributed by atoms with Gasteiger partial charge in [-0.1, -0.05) is 25.1 Å². The zero-order valence-electron chi connectivity index (χ0n) is 19.8. The summed E-state index contributed by atoms with van der Waals surface area (Å²) in [5.74, 6) is 0.950. The van der Waals surface area contributed by atoms with Crippen LogP contribution in [0.25, 0.3) is 0 Å². The number of anilines is 1. The number of likely N-dealkylation sites (N-methyl/N-ethyl adjacent to an activating group) is 1. The molecule has 0 saturated carbocycles. The second-order valence-corrected chi connectivity index (χ2v) is 9.98. The first-order valence-electron chi connectivity index (χ1n) is 10.7. The van der Waals surface area contributed by atoms with Gasteiger partial charge in [-0.3, -0.25) is 0 Å². The van der Waals surface area contributed by atoms with Crippen LogP contribution in [0.15, 0.2) is 42.5 Å². The van der Waals surface area contributed by atoms with Crippen molar-refractivity contribution in [2.45, 2.75) is 59.6 Å². The summed E-state index contributed by atoms with van der Waals surface area (Å²) >= 11 is 2.49. The first-order valence-corrected chi connectivity index (χ1v) is 11.8. The molecule has 0 aromatic heterocycles. The Morgan fingerprint density at radius 2 is 1.83 bits per heavy atom. The van der Waals surface area contributed by atoms with Crippen molar-refractivity contribution in [2.24, 2.45) is 0 Å². The Balaban J connectivity index is 0.000000232. The fourth-order valence-electron chi connectivity index (χ4n) is 4.22. The number of ether oxygens (including phenoxy) is 1. The van der Waals surface area contributed by atoms with Gasteiger partial charge in [0.15, 0.2) is 0 Å². The number of hydrogen-bond acceptors (Lipinski definition) is 2. The molecule has 3 rings (SSSR count). The molecule has 0 radical (unpaired) electrons. The van der Waals surface area contributed by atoms with E-state index in [4.69, 9.17) is 4.74 Å². The molecule has 1 aliphatic heterocycles. The van der Waals surface area contributed by atoms with E-state index in [9.17, 15) is 0 Å². The predicted octanol–water partition coefficient (Wildman–Crippen LogP) is 5.52. The average molecular weight is 496 g/mol. The number of benzene rings is 2. The zero-order valence-corrected chi connectivity index (χ0v) is 21.6. The Morgan fingerprint density at radius 1 is 1.17 bits per heavy atom. The van der Waals surface area contributed by atoms with Crippen LogP contribution in [-0.2, 0) is 24.3 Å². The molecule has 0 N–H and O–H groups in total. The predicted molar refractivity (Wildman–Crippen MR) is 126 cm³/mol. The smallest absolute Gasteiger partial charge is 0.0763 e. The quantitative estimate of drug-likeness (QED) is 0.308. The minimum Gasteiger partial charge on any atom is -0.460 e. The van der Waals surface area contributed by atoms with Gasteiger partial charge in [-0.15, -0.1) is 0 Å². The van der Waals surface area contributed by atoms with Gasteiger partial charge in [-0.05, 0) is 45.0 Å². The first-order chi connectivity index (χ1) is 14.0. The maximum absolute atomic E-state index is 5.59. The van der Waals surface area contributed by atoms with Crippen LogP contribution in [0.1, 0.15) is 51.3 Å². The molecule has 1 saturated heterocycles. The Morgan fingerprint density at radius 3 is 2.37 bits per heavy atom. The number of nitrogens with zero attached hydrogens (tertiary/aromatic N) is 2. The summed E-state index contributed by atoms with van der Waals surface area (Å²) < 4.78 is 8.53. The van der Waals surface area contributed by atoms with Crippen LogP contribution >= 0.6 is 0 Å². The molecule has 0 atom stereocenters. The number of rotatable bonds is 5. The molecule has 0 amide bonds. The fourth-order valence-corrected chi connectivity index (χ4v) is 4.63. The molecule has 165 valence electrons. The molecule has 3 nitrogen and oxygen atoms in total. The van der Waals surface area contributed by atoms with Gasteiger partial charge >= 0.3 is 82.7 Å². The molecule has 1 fully saturated rings. The molecule has 2 aromatic rings. The molecule has 0 spiro atoms. The molecule has 0 unspecified atom stereocenters. The monoisotopic (exact) mass is 496 g/mol. The van der Waals surface area contributed by atoms with E-state index in [-0.39, 0.29) is 11.6 Å². The minimum atomic E-state index is 0.180. The van der Waals surface area contributed by atoms with Crippen LogP contribution in [0.5, 0.6) is 5.75 Å². The summed E-state index contributed by atoms with van der Waals surface area (Å²) in [6.07, 6.45) is 1.32. The van der Waals surface area contributed by atoms with Gasteiger partial charge in [0.25, 0.3) is 0 Å². The van der Waals surface area contributed by atoms with Crippen LogP contribution in [0.3, 0.4) is 0 Å². The second kappa shape index (κ2) is 10.2. The standard InChI is InChI=1S/C16H26N2.C10H12O.Ru/c1-7-14-10-8-9-13(2)15(14)17-12-18(5,6)11-16(17,3)4;1-8(2)11-10-7-5-4-6-9(10)3;/h8-10,12H,7,11H2,1-6H3;3-8H,1-2H3;/q;;+1. The van der Waals surface area contributed by atoms with Gasteiger partial charge in [0.1, 0.15) is 0 Å². The molecule has 0 aliphatic carbocycles. The van der Waals surface area contributed by atoms with Gasteiger partial charge in [0.05, 0.1) is 12.1 Å². The van der Waals surface area contributed by atoms with Crippen LogP contribution in [0, 0.1) is 13.6 Å². The van der Waals surface area contributed by atoms with Crippen LogP contribution in [0.2, 0.25) is 0 Å². The van der Waals surface area contributed by atoms with Crippen LogP contribution < -0.4 is 9.64 Å². The van der Waals surface area contributed by atoms with E-state index in [1.165, 1.54) is 16.8 Å². The van der Waals surface area contributed by atoms with Gasteiger partial charge in [-0.25, -0.2) is 0 Å². The van der Waals surface area contributed by atoms with Crippen molar-refractivity contribution in [3.63, 3.8) is 0 Å². The van der Waals surface area contributed by atoms with Crippen molar-refractivity contribution < 1.29 is 27.1 Å². The Kier molecular flexibility index (Phi) is 8.42. The third-order valence-corrected chi connectivity index (χ3v) is 5.75. The number of hydrogen-bond donors (Lipinski definition) is 0. The van der Waals surface area contributed by atoms with Crippen molar-refractivity contribution in [1.82, 2.24) is 0 Å². The largest absolute Gasteiger partial charge is 0.460 e. The first kappa shape index (κ1) is 24.8. The number of para-hydroxylation sites is 2. The summed E-state index contributed by atoms with van der Waals surface area (Å²) in [6.45, 7) is 16.7. The molecule has 30 heavy (non-hydrogen) atoms. The Labute approximate surface area is 193 Å². The summed E-state index contributed by atoms with van der Waals surface area (Å²) in [7, 11) is 4.54. The zero-order chi connectivity index (χ0) is 22.5. The van der Waals surface area contributed by atoms with Gasteiger partial charge in [0, 0.05) is 19.8 Å². The van der Waals surface area contributed by atoms with Crippen molar-refractivity contribution >= 4 is 10.3 Å². The minimum absolute atomic E-state index is 0.180. The maximum Gasteiger partial charge on any atom is 0.0763 e. The average Bonchev–Trinajstić information content (AvgIpc) is 2.88. The Bertz CT molecular complexity index is 858.